The molecule has 1 aliphatic heterocycles. The third kappa shape index (κ3) is 8.27. The summed E-state index contributed by atoms with van der Waals surface area (Å²) in [5.74, 6) is 0.445. The minimum atomic E-state index is -4.08. The van der Waals surface area contributed by atoms with Crippen molar-refractivity contribution in [2.45, 2.75) is 23.8 Å². The normalized spacial score (nSPS) is 15.3. The van der Waals surface area contributed by atoms with Gasteiger partial charge in [0.1, 0.15) is 11.6 Å². The first-order valence-electron chi connectivity index (χ1n) is 12.7. The van der Waals surface area contributed by atoms with E-state index in [0.29, 0.717) is 43.1 Å². The van der Waals surface area contributed by atoms with Crippen LogP contribution >= 0.6 is 7.60 Å². The van der Waals surface area contributed by atoms with Crippen LogP contribution in [0.15, 0.2) is 65.7 Å². The quantitative estimate of drug-likeness (QED) is 0.195. The Balaban J connectivity index is 1.40. The van der Waals surface area contributed by atoms with Crippen LogP contribution in [0.5, 0.6) is 0 Å². The topological polar surface area (TPSA) is 174 Å². The molecule has 216 valence electrons. The van der Waals surface area contributed by atoms with E-state index in [4.69, 9.17) is 15.5 Å². The van der Waals surface area contributed by atoms with Gasteiger partial charge >= 0.3 is 7.60 Å². The van der Waals surface area contributed by atoms with E-state index in [-0.39, 0.29) is 48.5 Å². The molecule has 1 aliphatic rings. The number of aromatic nitrogens is 2. The number of hydrogen-bond acceptors (Lipinski definition) is 9. The Hall–Kier alpha value is -2.97. The van der Waals surface area contributed by atoms with Gasteiger partial charge in [0.15, 0.2) is 0 Å². The van der Waals surface area contributed by atoms with E-state index in [1.807, 2.05) is 4.90 Å². The molecule has 1 saturated heterocycles. The number of hydrogen-bond donors (Lipinski definition) is 5. The molecular formula is C25H33FN7O5PS. The monoisotopic (exact) mass is 593 g/mol. The number of halogens is 1. The van der Waals surface area contributed by atoms with Crippen LogP contribution in [0.3, 0.4) is 0 Å². The molecule has 6 N–H and O–H groups in total. The summed E-state index contributed by atoms with van der Waals surface area (Å²) in [6, 6.07) is 13.5. The third-order valence-corrected chi connectivity index (χ3v) is 9.26. The second kappa shape index (κ2) is 13.1. The fraction of sp³-hybridized carbons (Fsp3) is 0.360. The molecule has 0 spiro atoms. The molecule has 40 heavy (non-hydrogen) atoms. The van der Waals surface area contributed by atoms with Crippen LogP contribution in [-0.2, 0) is 14.6 Å². The van der Waals surface area contributed by atoms with Crippen LogP contribution in [0.2, 0.25) is 0 Å². The van der Waals surface area contributed by atoms with Gasteiger partial charge in [-0.3, -0.25) is 4.57 Å². The zero-order valence-electron chi connectivity index (χ0n) is 21.7. The first-order valence-corrected chi connectivity index (χ1v) is 16.0. The van der Waals surface area contributed by atoms with Gasteiger partial charge in [-0.2, -0.15) is 9.29 Å². The highest BCUT2D eigenvalue weighted by Crippen LogP contribution is 2.34. The van der Waals surface area contributed by atoms with Crippen LogP contribution in [0, 0.1) is 5.82 Å². The highest BCUT2D eigenvalue weighted by atomic mass is 32.2. The minimum Gasteiger partial charge on any atom is -0.340 e. The molecule has 2 aromatic carbocycles. The molecule has 15 heteroatoms. The van der Waals surface area contributed by atoms with Crippen molar-refractivity contribution in [2.75, 3.05) is 49.5 Å². The van der Waals surface area contributed by atoms with Crippen molar-refractivity contribution in [3.63, 3.8) is 0 Å². The van der Waals surface area contributed by atoms with Crippen LogP contribution in [0.25, 0.3) is 0 Å². The minimum absolute atomic E-state index is 0.128. The van der Waals surface area contributed by atoms with Gasteiger partial charge in [0.25, 0.3) is 0 Å². The largest absolute Gasteiger partial charge is 0.340 e. The molecule has 0 amide bonds. The highest BCUT2D eigenvalue weighted by Gasteiger charge is 2.33. The van der Waals surface area contributed by atoms with Crippen LogP contribution < -0.4 is 16.4 Å². The molecule has 0 unspecified atom stereocenters. The smallest absolute Gasteiger partial charge is 0.326 e. The Bertz CT molecular complexity index is 1420. The fourth-order valence-corrected chi connectivity index (χ4v) is 6.72. The summed E-state index contributed by atoms with van der Waals surface area (Å²) < 4.78 is 52.9. The van der Waals surface area contributed by atoms with Crippen molar-refractivity contribution >= 4 is 40.8 Å². The van der Waals surface area contributed by atoms with Gasteiger partial charge in [-0.1, -0.05) is 0 Å². The fourth-order valence-electron chi connectivity index (χ4n) is 4.47. The number of nitrogens with one attached hydrogen (secondary N) is 2. The maximum atomic E-state index is 13.5. The molecule has 1 aromatic heterocycles. The molecule has 4 rings (SSSR count). The second-order valence-corrected chi connectivity index (χ2v) is 13.1. The van der Waals surface area contributed by atoms with Crippen LogP contribution in [0.1, 0.15) is 12.8 Å². The maximum Gasteiger partial charge on any atom is 0.326 e. The standard InChI is InChI=1S/C25H33FN7O5PS/c26-19-1-3-20(4-2-19)29-24-9-13-28-25(31-24)30-21-5-7-23(8-6-21)40(37,38)33(16-12-27)22-10-14-32(15-11-22)17-18-39(34,35)36/h1-9,13,22H,10-12,14-18,27H2,(H2,34,35,36)(H2,28,29,30,31). The Morgan fingerprint density at radius 2 is 1.65 bits per heavy atom. The number of sulfonamides is 1. The summed E-state index contributed by atoms with van der Waals surface area (Å²) >= 11 is 0. The van der Waals surface area contributed by atoms with Crippen molar-refractivity contribution in [2.24, 2.45) is 5.73 Å². The van der Waals surface area contributed by atoms with Crippen LogP contribution in [-0.4, -0.2) is 82.3 Å². The third-order valence-electron chi connectivity index (χ3n) is 6.51. The lowest BCUT2D eigenvalue weighted by atomic mass is 10.1. The number of rotatable bonds is 12. The first kappa shape index (κ1) is 30.0. The summed E-state index contributed by atoms with van der Waals surface area (Å²) in [6.45, 7) is 1.68. The Labute approximate surface area is 232 Å². The van der Waals surface area contributed by atoms with Gasteiger partial charge in [-0.25, -0.2) is 17.8 Å². The molecule has 0 bridgehead atoms. The SMILES string of the molecule is NCCN(C1CCN(CCP(=O)(O)O)CC1)S(=O)(=O)c1ccc(Nc2nccc(Nc3ccc(F)cc3)n2)cc1. The molecule has 1 fully saturated rings. The number of benzene rings is 2. The van der Waals surface area contributed by atoms with Gasteiger partial charge < -0.3 is 31.1 Å². The number of likely N-dealkylation sites (tertiary alicyclic amines) is 1. The average Bonchev–Trinajstić information content (AvgIpc) is 2.92. The summed E-state index contributed by atoms with van der Waals surface area (Å²) in [5.41, 5.74) is 7.01. The number of nitrogens with two attached hydrogens (primary N) is 1. The Kier molecular flexibility index (Phi) is 9.85. The summed E-state index contributed by atoms with van der Waals surface area (Å²) in [7, 11) is -7.92. The van der Waals surface area contributed by atoms with Crippen molar-refractivity contribution in [1.82, 2.24) is 19.2 Å². The van der Waals surface area contributed by atoms with E-state index in [1.165, 1.54) is 28.6 Å². The van der Waals surface area contributed by atoms with Gasteiger partial charge in [-0.15, -0.1) is 0 Å². The predicted molar refractivity (Wildman–Crippen MR) is 151 cm³/mol. The van der Waals surface area contributed by atoms with E-state index in [2.05, 4.69) is 20.6 Å². The predicted octanol–water partition coefficient (Wildman–Crippen LogP) is 2.69. The zero-order valence-corrected chi connectivity index (χ0v) is 23.4. The highest BCUT2D eigenvalue weighted by molar-refractivity contribution is 7.89. The van der Waals surface area contributed by atoms with E-state index < -0.39 is 17.6 Å². The molecule has 12 nitrogen and oxygen atoms in total. The summed E-state index contributed by atoms with van der Waals surface area (Å²) in [6.07, 6.45) is 2.42. The number of piperidine rings is 1. The average molecular weight is 594 g/mol. The van der Waals surface area contributed by atoms with Crippen molar-refractivity contribution in [3.05, 3.63) is 66.6 Å². The van der Waals surface area contributed by atoms with E-state index >= 15 is 0 Å². The van der Waals surface area contributed by atoms with Gasteiger partial charge in [-0.05, 0) is 80.5 Å². The van der Waals surface area contributed by atoms with Crippen molar-refractivity contribution < 1.29 is 27.2 Å². The lowest BCUT2D eigenvalue weighted by molar-refractivity contribution is 0.165. The lowest BCUT2D eigenvalue weighted by Gasteiger charge is -2.37. The molecular weight excluding hydrogens is 560 g/mol. The molecule has 0 atom stereocenters. The van der Waals surface area contributed by atoms with Gasteiger partial charge in [0.2, 0.25) is 16.0 Å². The number of anilines is 4. The Morgan fingerprint density at radius 1 is 1.02 bits per heavy atom. The summed E-state index contributed by atoms with van der Waals surface area (Å²) in [4.78, 5) is 28.9. The first-order chi connectivity index (χ1) is 19.0. The van der Waals surface area contributed by atoms with Crippen LogP contribution in [0.4, 0.5) is 27.5 Å². The molecule has 3 aromatic rings. The van der Waals surface area contributed by atoms with Crippen molar-refractivity contribution in [3.8, 4) is 0 Å². The van der Waals surface area contributed by atoms with E-state index in [1.54, 1.807) is 36.5 Å². The van der Waals surface area contributed by atoms with E-state index in [9.17, 15) is 17.4 Å². The molecule has 2 heterocycles. The Morgan fingerprint density at radius 3 is 2.27 bits per heavy atom. The van der Waals surface area contributed by atoms with Gasteiger partial charge in [0, 0.05) is 43.2 Å². The van der Waals surface area contributed by atoms with E-state index in [0.717, 1.165) is 0 Å². The molecule has 0 aliphatic carbocycles. The lowest BCUT2D eigenvalue weighted by Crippen LogP contribution is -2.49. The maximum absolute atomic E-state index is 13.5. The summed E-state index contributed by atoms with van der Waals surface area (Å²) in [5, 5.41) is 6.12. The zero-order chi connectivity index (χ0) is 28.8. The van der Waals surface area contributed by atoms with Crippen molar-refractivity contribution in [1.29, 1.82) is 0 Å². The second-order valence-electron chi connectivity index (χ2n) is 9.41. The molecule has 0 radical (unpaired) electrons. The molecule has 0 saturated carbocycles. The van der Waals surface area contributed by atoms with Gasteiger partial charge in [0.05, 0.1) is 11.1 Å². The number of nitrogens with zero attached hydrogens (tertiary/aromatic N) is 4.